The quantitative estimate of drug-likeness (QED) is 0.494. The van der Waals surface area contributed by atoms with Crippen molar-refractivity contribution in [1.29, 1.82) is 0 Å². The first-order chi connectivity index (χ1) is 13.2. The van der Waals surface area contributed by atoms with Crippen LogP contribution in [0.1, 0.15) is 19.3 Å². The van der Waals surface area contributed by atoms with Crippen LogP contribution in [0.25, 0.3) is 27.8 Å². The van der Waals surface area contributed by atoms with Gasteiger partial charge >= 0.3 is 0 Å². The van der Waals surface area contributed by atoms with Crippen LogP contribution >= 0.6 is 0 Å². The summed E-state index contributed by atoms with van der Waals surface area (Å²) in [6.07, 6.45) is 5.76. The molecule has 0 radical (unpaired) electrons. The summed E-state index contributed by atoms with van der Waals surface area (Å²) in [6.45, 7) is 0. The summed E-state index contributed by atoms with van der Waals surface area (Å²) in [4.78, 5) is 20.3. The number of hydrogen-bond acceptors (Lipinski definition) is 7. The van der Waals surface area contributed by atoms with Gasteiger partial charge in [-0.05, 0) is 37.5 Å². The van der Waals surface area contributed by atoms with Gasteiger partial charge in [0.05, 0.1) is 23.6 Å². The lowest BCUT2D eigenvalue weighted by Gasteiger charge is -2.12. The zero-order chi connectivity index (χ0) is 18.4. The number of H-pyrrole nitrogens is 1. The fourth-order valence-corrected chi connectivity index (χ4v) is 3.59. The van der Waals surface area contributed by atoms with E-state index in [-0.39, 0.29) is 17.9 Å². The number of fused-ring (bicyclic) bond motifs is 2. The summed E-state index contributed by atoms with van der Waals surface area (Å²) >= 11 is 0. The Labute approximate surface area is 153 Å². The van der Waals surface area contributed by atoms with E-state index in [1.54, 1.807) is 17.1 Å². The van der Waals surface area contributed by atoms with Crippen molar-refractivity contribution in [1.82, 2.24) is 35.2 Å². The monoisotopic (exact) mass is 363 g/mol. The summed E-state index contributed by atoms with van der Waals surface area (Å²) in [5.41, 5.74) is 8.41. The van der Waals surface area contributed by atoms with E-state index in [2.05, 4.69) is 35.8 Å². The Morgan fingerprint density at radius 1 is 1.30 bits per heavy atom. The number of nitrogens with two attached hydrogens (primary N) is 1. The van der Waals surface area contributed by atoms with Crippen molar-refractivity contribution >= 4 is 33.9 Å². The minimum Gasteiger partial charge on any atom is -0.369 e. The summed E-state index contributed by atoms with van der Waals surface area (Å²) in [5, 5.41) is 19.6. The lowest BCUT2D eigenvalue weighted by Crippen LogP contribution is -2.23. The molecule has 3 heterocycles. The van der Waals surface area contributed by atoms with Crippen LogP contribution < -0.4 is 11.1 Å². The van der Waals surface area contributed by atoms with Crippen molar-refractivity contribution in [3.63, 3.8) is 0 Å². The minimum absolute atomic E-state index is 0.0832. The third-order valence-corrected chi connectivity index (χ3v) is 5.03. The van der Waals surface area contributed by atoms with Crippen LogP contribution in [0.3, 0.4) is 0 Å². The fraction of sp³-hybridized carbons (Fsp3) is 0.294. The fourth-order valence-electron chi connectivity index (χ4n) is 3.59. The average Bonchev–Trinajstić information content (AvgIpc) is 3.40. The van der Waals surface area contributed by atoms with Crippen molar-refractivity contribution in [2.75, 3.05) is 5.32 Å². The number of anilines is 1. The van der Waals surface area contributed by atoms with Crippen molar-refractivity contribution in [3.8, 4) is 5.69 Å². The molecule has 136 valence electrons. The number of aromatic nitrogens is 7. The van der Waals surface area contributed by atoms with Gasteiger partial charge in [0.2, 0.25) is 11.9 Å². The Balaban J connectivity index is 1.46. The van der Waals surface area contributed by atoms with Crippen LogP contribution in [0.15, 0.2) is 30.6 Å². The summed E-state index contributed by atoms with van der Waals surface area (Å²) in [7, 11) is 0. The Morgan fingerprint density at radius 3 is 3.07 bits per heavy atom. The Bertz CT molecular complexity index is 1150. The van der Waals surface area contributed by atoms with E-state index < -0.39 is 0 Å². The summed E-state index contributed by atoms with van der Waals surface area (Å²) in [5.74, 6) is 0.165. The minimum atomic E-state index is -0.243. The van der Waals surface area contributed by atoms with E-state index in [9.17, 15) is 4.79 Å². The maximum atomic E-state index is 11.4. The van der Waals surface area contributed by atoms with E-state index in [0.717, 1.165) is 29.4 Å². The predicted molar refractivity (Wildman–Crippen MR) is 98.1 cm³/mol. The maximum absolute atomic E-state index is 11.4. The molecule has 27 heavy (non-hydrogen) atoms. The van der Waals surface area contributed by atoms with Gasteiger partial charge in [-0.2, -0.15) is 14.8 Å². The van der Waals surface area contributed by atoms with Gasteiger partial charge in [-0.1, -0.05) is 5.21 Å². The molecule has 1 amide bonds. The van der Waals surface area contributed by atoms with Gasteiger partial charge in [0.1, 0.15) is 0 Å². The van der Waals surface area contributed by atoms with Gasteiger partial charge in [0, 0.05) is 17.3 Å². The molecule has 4 aromatic rings. The molecule has 4 N–H and O–H groups in total. The Morgan fingerprint density at radius 2 is 2.22 bits per heavy atom. The first kappa shape index (κ1) is 15.7. The number of nitrogens with zero attached hydrogens (tertiary/aromatic N) is 6. The molecule has 1 aliphatic carbocycles. The standard InChI is InChI=1S/C17H17N9O/c18-15(27)9-1-2-11(5-9)21-17-19-8-14-16(22-17)26(25-24-14)12-3-4-13-10(6-12)7-20-23-13/h3-4,6-9,11H,1-2,5H2,(H2,18,27)(H,20,23)(H,19,21,22)/t9-,11?/m1/s1. The molecule has 1 aromatic carbocycles. The molecule has 3 aromatic heterocycles. The predicted octanol–water partition coefficient (Wildman–Crippen LogP) is 1.15. The molecule has 0 saturated heterocycles. The number of carbonyl (C=O) groups is 1. The van der Waals surface area contributed by atoms with Crippen molar-refractivity contribution in [2.45, 2.75) is 25.3 Å². The van der Waals surface area contributed by atoms with Crippen LogP contribution in [-0.4, -0.2) is 47.1 Å². The van der Waals surface area contributed by atoms with Crippen LogP contribution in [0.2, 0.25) is 0 Å². The molecular formula is C17H17N9O. The van der Waals surface area contributed by atoms with E-state index in [1.807, 2.05) is 18.2 Å². The van der Waals surface area contributed by atoms with Gasteiger partial charge in [0.15, 0.2) is 11.2 Å². The van der Waals surface area contributed by atoms with E-state index in [4.69, 9.17) is 5.73 Å². The lowest BCUT2D eigenvalue weighted by molar-refractivity contribution is -0.121. The maximum Gasteiger partial charge on any atom is 0.225 e. The highest BCUT2D eigenvalue weighted by Crippen LogP contribution is 2.27. The topological polar surface area (TPSA) is 140 Å². The molecule has 0 bridgehead atoms. The molecule has 5 rings (SSSR count). The lowest BCUT2D eigenvalue weighted by atomic mass is 10.1. The van der Waals surface area contributed by atoms with Gasteiger partial charge < -0.3 is 11.1 Å². The summed E-state index contributed by atoms with van der Waals surface area (Å²) < 4.78 is 1.68. The van der Waals surface area contributed by atoms with Crippen molar-refractivity contribution in [3.05, 3.63) is 30.6 Å². The SMILES string of the molecule is NC(=O)[C@@H]1CCC(Nc2ncc3nnn(-c4ccc5[nH]ncc5c4)c3n2)C1. The normalized spacial score (nSPS) is 19.7. The van der Waals surface area contributed by atoms with E-state index in [0.29, 0.717) is 23.5 Å². The summed E-state index contributed by atoms with van der Waals surface area (Å²) in [6, 6.07) is 5.97. The number of hydrogen-bond donors (Lipinski definition) is 3. The highest BCUT2D eigenvalue weighted by Gasteiger charge is 2.28. The average molecular weight is 363 g/mol. The highest BCUT2D eigenvalue weighted by atomic mass is 16.1. The molecular weight excluding hydrogens is 346 g/mol. The second kappa shape index (κ2) is 6.01. The van der Waals surface area contributed by atoms with Crippen LogP contribution in [0, 0.1) is 5.92 Å². The van der Waals surface area contributed by atoms with Crippen molar-refractivity contribution in [2.24, 2.45) is 11.7 Å². The number of amides is 1. The zero-order valence-electron chi connectivity index (χ0n) is 14.3. The second-order valence-electron chi connectivity index (χ2n) is 6.80. The third-order valence-electron chi connectivity index (χ3n) is 5.03. The smallest absolute Gasteiger partial charge is 0.225 e. The number of rotatable bonds is 4. The molecule has 10 heteroatoms. The molecule has 1 unspecified atom stereocenters. The van der Waals surface area contributed by atoms with Gasteiger partial charge in [-0.25, -0.2) is 4.98 Å². The van der Waals surface area contributed by atoms with Crippen LogP contribution in [-0.2, 0) is 4.79 Å². The number of carbonyl (C=O) groups excluding carboxylic acids is 1. The molecule has 0 spiro atoms. The van der Waals surface area contributed by atoms with Crippen LogP contribution in [0.5, 0.6) is 0 Å². The van der Waals surface area contributed by atoms with E-state index in [1.165, 1.54) is 0 Å². The molecule has 2 atom stereocenters. The highest BCUT2D eigenvalue weighted by molar-refractivity contribution is 5.81. The van der Waals surface area contributed by atoms with Crippen molar-refractivity contribution < 1.29 is 4.79 Å². The Kier molecular flexibility index (Phi) is 3.49. The second-order valence-corrected chi connectivity index (χ2v) is 6.80. The number of benzene rings is 1. The number of aromatic amines is 1. The van der Waals surface area contributed by atoms with Gasteiger partial charge in [-0.15, -0.1) is 5.10 Å². The molecule has 1 saturated carbocycles. The van der Waals surface area contributed by atoms with Gasteiger partial charge in [-0.3, -0.25) is 9.89 Å². The third kappa shape index (κ3) is 2.75. The molecule has 10 nitrogen and oxygen atoms in total. The zero-order valence-corrected chi connectivity index (χ0v) is 14.3. The number of nitrogens with one attached hydrogen (secondary N) is 2. The molecule has 1 aliphatic rings. The first-order valence-electron chi connectivity index (χ1n) is 8.75. The van der Waals surface area contributed by atoms with E-state index >= 15 is 0 Å². The van der Waals surface area contributed by atoms with Gasteiger partial charge in [0.25, 0.3) is 0 Å². The first-order valence-corrected chi connectivity index (χ1v) is 8.75. The molecule has 1 fully saturated rings. The number of primary amides is 1. The largest absolute Gasteiger partial charge is 0.369 e. The Hall–Kier alpha value is -3.56. The molecule has 0 aliphatic heterocycles. The van der Waals surface area contributed by atoms with Crippen LogP contribution in [0.4, 0.5) is 5.95 Å².